The molecule has 1 fully saturated rings. The third-order valence-corrected chi connectivity index (χ3v) is 2.73. The van der Waals surface area contributed by atoms with Crippen molar-refractivity contribution < 1.29 is 23.8 Å². The van der Waals surface area contributed by atoms with Crippen molar-refractivity contribution in [1.82, 2.24) is 10.8 Å². The monoisotopic (exact) mass is 268 g/mol. The second-order valence-electron chi connectivity index (χ2n) is 3.87. The first kappa shape index (κ1) is 13.4. The summed E-state index contributed by atoms with van der Waals surface area (Å²) in [7, 11) is 4.60. The fourth-order valence-corrected chi connectivity index (χ4v) is 1.84. The lowest BCUT2D eigenvalue weighted by Crippen LogP contribution is -2.46. The van der Waals surface area contributed by atoms with Crippen LogP contribution in [0.15, 0.2) is 12.1 Å². The van der Waals surface area contributed by atoms with Crippen molar-refractivity contribution in [3.63, 3.8) is 0 Å². The zero-order chi connectivity index (χ0) is 13.8. The van der Waals surface area contributed by atoms with Gasteiger partial charge in [-0.05, 0) is 17.7 Å². The lowest BCUT2D eigenvalue weighted by atomic mass is 10.1. The van der Waals surface area contributed by atoms with Crippen LogP contribution in [-0.4, -0.2) is 33.8 Å². The maximum absolute atomic E-state index is 11.3. The van der Waals surface area contributed by atoms with Crippen molar-refractivity contribution in [1.29, 1.82) is 0 Å². The Morgan fingerprint density at radius 3 is 2.26 bits per heavy atom. The first-order valence-electron chi connectivity index (χ1n) is 5.66. The second-order valence-corrected chi connectivity index (χ2v) is 3.87. The van der Waals surface area contributed by atoms with E-state index in [2.05, 4.69) is 10.8 Å². The van der Waals surface area contributed by atoms with Crippen LogP contribution in [0.3, 0.4) is 0 Å². The molecule has 1 aliphatic rings. The predicted molar refractivity (Wildman–Crippen MR) is 66.1 cm³/mol. The molecule has 1 aliphatic heterocycles. The highest BCUT2D eigenvalue weighted by Crippen LogP contribution is 2.39. The highest BCUT2D eigenvalue weighted by Gasteiger charge is 2.23. The van der Waals surface area contributed by atoms with Crippen molar-refractivity contribution in [2.75, 3.05) is 27.9 Å². The van der Waals surface area contributed by atoms with Crippen molar-refractivity contribution in [2.45, 2.75) is 6.17 Å². The summed E-state index contributed by atoms with van der Waals surface area (Å²) in [5, 5.41) is 2.75. The summed E-state index contributed by atoms with van der Waals surface area (Å²) in [5.41, 5.74) is 3.46. The molecule has 0 spiro atoms. The normalized spacial score (nSPS) is 18.7. The number of amides is 1. The van der Waals surface area contributed by atoms with E-state index in [4.69, 9.17) is 19.0 Å². The number of methoxy groups -OCH3 is 3. The number of ether oxygens (including phenoxy) is 3. The van der Waals surface area contributed by atoms with Crippen molar-refractivity contribution >= 4 is 5.91 Å². The van der Waals surface area contributed by atoms with Gasteiger partial charge in [0, 0.05) is 0 Å². The predicted octanol–water partition coefficient (Wildman–Crippen LogP) is 0.362. The third kappa shape index (κ3) is 2.72. The molecule has 1 saturated heterocycles. The van der Waals surface area contributed by atoms with Crippen LogP contribution in [-0.2, 0) is 9.63 Å². The molecule has 1 atom stereocenters. The molecule has 2 rings (SSSR count). The van der Waals surface area contributed by atoms with Gasteiger partial charge in [-0.2, -0.15) is 5.48 Å². The van der Waals surface area contributed by atoms with Gasteiger partial charge in [-0.25, -0.2) is 0 Å². The Kier molecular flexibility index (Phi) is 4.08. The molecule has 0 radical (unpaired) electrons. The molecule has 0 saturated carbocycles. The molecule has 1 aromatic carbocycles. The number of rotatable bonds is 4. The largest absolute Gasteiger partial charge is 0.493 e. The van der Waals surface area contributed by atoms with Crippen molar-refractivity contribution in [3.8, 4) is 17.2 Å². The number of hydrogen-bond acceptors (Lipinski definition) is 6. The minimum Gasteiger partial charge on any atom is -0.493 e. The van der Waals surface area contributed by atoms with Crippen molar-refractivity contribution in [2.24, 2.45) is 0 Å². The summed E-state index contributed by atoms with van der Waals surface area (Å²) in [6, 6.07) is 3.49. The van der Waals surface area contributed by atoms with Crippen LogP contribution in [0.1, 0.15) is 11.7 Å². The topological polar surface area (TPSA) is 78.1 Å². The molecule has 1 amide bonds. The van der Waals surface area contributed by atoms with E-state index < -0.39 is 6.17 Å². The van der Waals surface area contributed by atoms with E-state index in [0.717, 1.165) is 5.56 Å². The van der Waals surface area contributed by atoms with E-state index in [-0.39, 0.29) is 12.5 Å². The van der Waals surface area contributed by atoms with Gasteiger partial charge in [0.2, 0.25) is 11.7 Å². The molecule has 2 N–H and O–H groups in total. The molecule has 0 aromatic heterocycles. The van der Waals surface area contributed by atoms with Crippen LogP contribution in [0, 0.1) is 0 Å². The SMILES string of the molecule is COc1cc(C2NOCC(=O)N2)cc(OC)c1OC. The molecule has 0 bridgehead atoms. The van der Waals surface area contributed by atoms with Gasteiger partial charge in [-0.1, -0.05) is 0 Å². The van der Waals surface area contributed by atoms with Gasteiger partial charge >= 0.3 is 0 Å². The van der Waals surface area contributed by atoms with Crippen LogP contribution in [0.25, 0.3) is 0 Å². The molecule has 1 unspecified atom stereocenters. The summed E-state index contributed by atoms with van der Waals surface area (Å²) < 4.78 is 15.7. The summed E-state index contributed by atoms with van der Waals surface area (Å²) in [4.78, 5) is 16.3. The quantitative estimate of drug-likeness (QED) is 0.821. The smallest absolute Gasteiger partial charge is 0.249 e. The lowest BCUT2D eigenvalue weighted by Gasteiger charge is -2.25. The van der Waals surface area contributed by atoms with E-state index in [1.165, 1.54) is 21.3 Å². The van der Waals surface area contributed by atoms with Gasteiger partial charge in [0.1, 0.15) is 12.8 Å². The van der Waals surface area contributed by atoms with E-state index in [9.17, 15) is 4.79 Å². The van der Waals surface area contributed by atoms with Gasteiger partial charge in [-0.3, -0.25) is 9.63 Å². The summed E-state index contributed by atoms with van der Waals surface area (Å²) in [6.45, 7) is -0.0130. The number of hydroxylamine groups is 1. The molecule has 104 valence electrons. The number of nitrogens with one attached hydrogen (secondary N) is 2. The molecular weight excluding hydrogens is 252 g/mol. The van der Waals surface area contributed by atoms with Crippen LogP contribution in [0.5, 0.6) is 17.2 Å². The maximum Gasteiger partial charge on any atom is 0.249 e. The highest BCUT2D eigenvalue weighted by atomic mass is 16.7. The van der Waals surface area contributed by atoms with E-state index in [0.29, 0.717) is 17.2 Å². The zero-order valence-electron chi connectivity index (χ0n) is 11.0. The van der Waals surface area contributed by atoms with Gasteiger partial charge in [0.25, 0.3) is 0 Å². The molecule has 1 heterocycles. The zero-order valence-corrected chi connectivity index (χ0v) is 11.0. The molecule has 0 aliphatic carbocycles. The Morgan fingerprint density at radius 1 is 1.16 bits per heavy atom. The van der Waals surface area contributed by atoms with Crippen LogP contribution in [0.4, 0.5) is 0 Å². The van der Waals surface area contributed by atoms with Crippen LogP contribution < -0.4 is 25.0 Å². The summed E-state index contributed by atoms with van der Waals surface area (Å²) in [5.74, 6) is 1.33. The average molecular weight is 268 g/mol. The standard InChI is InChI=1S/C12H16N2O5/c1-16-8-4-7(5-9(17-2)11(8)18-3)12-13-10(15)6-19-14-12/h4-5,12,14H,6H2,1-3H3,(H,13,15). The molecule has 1 aromatic rings. The summed E-state index contributed by atoms with van der Waals surface area (Å²) in [6.07, 6.45) is -0.463. The Labute approximate surface area is 110 Å². The Bertz CT molecular complexity index is 452. The molecule has 7 heteroatoms. The van der Waals surface area contributed by atoms with Gasteiger partial charge in [0.15, 0.2) is 11.5 Å². The van der Waals surface area contributed by atoms with Gasteiger partial charge in [-0.15, -0.1) is 0 Å². The van der Waals surface area contributed by atoms with Crippen LogP contribution >= 0.6 is 0 Å². The first-order chi connectivity index (χ1) is 9.19. The highest BCUT2D eigenvalue weighted by molar-refractivity contribution is 5.78. The molecule has 19 heavy (non-hydrogen) atoms. The fourth-order valence-electron chi connectivity index (χ4n) is 1.84. The fraction of sp³-hybridized carbons (Fsp3) is 0.417. The first-order valence-corrected chi connectivity index (χ1v) is 5.66. The van der Waals surface area contributed by atoms with Crippen LogP contribution in [0.2, 0.25) is 0 Å². The van der Waals surface area contributed by atoms with Crippen molar-refractivity contribution in [3.05, 3.63) is 17.7 Å². The number of carbonyl (C=O) groups is 1. The maximum atomic E-state index is 11.3. The Balaban J connectivity index is 2.37. The molecular formula is C12H16N2O5. The average Bonchev–Trinajstić information content (AvgIpc) is 2.45. The van der Waals surface area contributed by atoms with E-state index >= 15 is 0 Å². The minimum atomic E-state index is -0.463. The number of carbonyl (C=O) groups excluding carboxylic acids is 1. The number of hydrogen-bond donors (Lipinski definition) is 2. The van der Waals surface area contributed by atoms with Gasteiger partial charge < -0.3 is 19.5 Å². The summed E-state index contributed by atoms with van der Waals surface area (Å²) >= 11 is 0. The Hall–Kier alpha value is -1.99. The second kappa shape index (κ2) is 5.77. The minimum absolute atomic E-state index is 0.0130. The van der Waals surface area contributed by atoms with Gasteiger partial charge in [0.05, 0.1) is 21.3 Å². The third-order valence-electron chi connectivity index (χ3n) is 2.73. The lowest BCUT2D eigenvalue weighted by molar-refractivity contribution is -0.139. The Morgan fingerprint density at radius 2 is 1.79 bits per heavy atom. The van der Waals surface area contributed by atoms with E-state index in [1.807, 2.05) is 0 Å². The van der Waals surface area contributed by atoms with E-state index in [1.54, 1.807) is 12.1 Å². The number of benzene rings is 1. The molecule has 7 nitrogen and oxygen atoms in total.